The lowest BCUT2D eigenvalue weighted by atomic mass is 10.1. The van der Waals surface area contributed by atoms with Crippen molar-refractivity contribution in [1.29, 1.82) is 5.26 Å². The van der Waals surface area contributed by atoms with Crippen LogP contribution in [-0.2, 0) is 5.75 Å². The molecular weight excluding hydrogens is 291 g/mol. The van der Waals surface area contributed by atoms with Gasteiger partial charge < -0.3 is 0 Å². The van der Waals surface area contributed by atoms with Crippen molar-refractivity contribution in [3.63, 3.8) is 0 Å². The highest BCUT2D eigenvalue weighted by molar-refractivity contribution is 8.00. The summed E-state index contributed by atoms with van der Waals surface area (Å²) in [7, 11) is 0. The molecule has 20 heavy (non-hydrogen) atoms. The molecule has 3 rings (SSSR count). The summed E-state index contributed by atoms with van der Waals surface area (Å²) in [5.41, 5.74) is 2.19. The van der Waals surface area contributed by atoms with Crippen molar-refractivity contribution in [3.8, 4) is 6.07 Å². The molecule has 5 heteroatoms. The third kappa shape index (κ3) is 2.67. The highest BCUT2D eigenvalue weighted by Gasteiger charge is 2.08. The molecule has 1 aromatic heterocycles. The number of fused-ring (bicyclic) bond motifs is 1. The fourth-order valence-electron chi connectivity index (χ4n) is 1.84. The number of para-hydroxylation sites is 1. The van der Waals surface area contributed by atoms with Crippen LogP contribution in [0.5, 0.6) is 0 Å². The van der Waals surface area contributed by atoms with Crippen LogP contribution in [0.15, 0.2) is 46.8 Å². The zero-order chi connectivity index (χ0) is 13.9. The van der Waals surface area contributed by atoms with Gasteiger partial charge in [0, 0.05) is 5.75 Å². The van der Waals surface area contributed by atoms with Crippen LogP contribution in [0.2, 0.25) is 0 Å². The summed E-state index contributed by atoms with van der Waals surface area (Å²) in [4.78, 5) is 4.51. The first kappa shape index (κ1) is 13.1. The normalized spacial score (nSPS) is 10.6. The van der Waals surface area contributed by atoms with Crippen LogP contribution in [0.3, 0.4) is 0 Å². The average molecular weight is 300 g/mol. The molecule has 98 valence electrons. The minimum absolute atomic E-state index is 0.316. The van der Waals surface area contributed by atoms with Crippen LogP contribution >= 0.6 is 23.1 Å². The second-order valence-electron chi connectivity index (χ2n) is 4.15. The van der Waals surface area contributed by atoms with Crippen LogP contribution < -0.4 is 0 Å². The summed E-state index contributed by atoms with van der Waals surface area (Å²) in [5, 5.41) is 9.03. The maximum absolute atomic E-state index is 13.2. The molecule has 2 aromatic carbocycles. The number of nitrogens with zero attached hydrogens (tertiary/aromatic N) is 2. The van der Waals surface area contributed by atoms with E-state index in [1.807, 2.05) is 24.3 Å². The minimum Gasteiger partial charge on any atom is -0.230 e. The van der Waals surface area contributed by atoms with Gasteiger partial charge in [0.2, 0.25) is 0 Å². The molecule has 0 saturated heterocycles. The second-order valence-corrected chi connectivity index (χ2v) is 6.40. The quantitative estimate of drug-likeness (QED) is 0.663. The molecule has 0 unspecified atom stereocenters. The van der Waals surface area contributed by atoms with E-state index in [-0.39, 0.29) is 5.82 Å². The minimum atomic E-state index is -0.316. The molecule has 3 aromatic rings. The van der Waals surface area contributed by atoms with Crippen molar-refractivity contribution in [3.05, 3.63) is 59.4 Å². The second kappa shape index (κ2) is 5.61. The molecule has 0 fully saturated rings. The number of hydrogen-bond donors (Lipinski definition) is 0. The number of nitriles is 1. The third-order valence-corrected chi connectivity index (χ3v) is 5.04. The molecule has 0 spiro atoms. The van der Waals surface area contributed by atoms with E-state index < -0.39 is 0 Å². The van der Waals surface area contributed by atoms with Crippen molar-refractivity contribution in [1.82, 2.24) is 4.98 Å². The van der Waals surface area contributed by atoms with Gasteiger partial charge in [-0.15, -0.1) is 11.3 Å². The number of benzene rings is 2. The highest BCUT2D eigenvalue weighted by Crippen LogP contribution is 2.32. The summed E-state index contributed by atoms with van der Waals surface area (Å²) < 4.78 is 15.3. The van der Waals surface area contributed by atoms with Crippen molar-refractivity contribution >= 4 is 33.3 Å². The third-order valence-electron chi connectivity index (χ3n) is 2.81. The monoisotopic (exact) mass is 300 g/mol. The van der Waals surface area contributed by atoms with Crippen molar-refractivity contribution in [2.24, 2.45) is 0 Å². The first-order chi connectivity index (χ1) is 9.76. The van der Waals surface area contributed by atoms with Gasteiger partial charge in [0.25, 0.3) is 0 Å². The summed E-state index contributed by atoms with van der Waals surface area (Å²) in [6.45, 7) is 0. The number of hydrogen-bond acceptors (Lipinski definition) is 4. The molecule has 2 nitrogen and oxygen atoms in total. The number of thioether (sulfide) groups is 1. The molecule has 0 atom stereocenters. The van der Waals surface area contributed by atoms with E-state index in [4.69, 9.17) is 5.26 Å². The van der Waals surface area contributed by atoms with Crippen molar-refractivity contribution in [2.45, 2.75) is 10.1 Å². The van der Waals surface area contributed by atoms with Gasteiger partial charge in [0.15, 0.2) is 4.34 Å². The van der Waals surface area contributed by atoms with Gasteiger partial charge in [-0.1, -0.05) is 23.9 Å². The maximum Gasteiger partial charge on any atom is 0.151 e. The van der Waals surface area contributed by atoms with Crippen LogP contribution in [0.4, 0.5) is 4.39 Å². The number of aromatic nitrogens is 1. The Morgan fingerprint density at radius 1 is 1.25 bits per heavy atom. The maximum atomic E-state index is 13.2. The van der Waals surface area contributed by atoms with Gasteiger partial charge in [-0.2, -0.15) is 5.26 Å². The predicted molar refractivity (Wildman–Crippen MR) is 80.3 cm³/mol. The average Bonchev–Trinajstić information content (AvgIpc) is 2.88. The largest absolute Gasteiger partial charge is 0.230 e. The molecule has 1 heterocycles. The lowest BCUT2D eigenvalue weighted by Crippen LogP contribution is -1.89. The van der Waals surface area contributed by atoms with Gasteiger partial charge in [0.1, 0.15) is 5.82 Å². The van der Waals surface area contributed by atoms with Crippen molar-refractivity contribution in [2.75, 3.05) is 0 Å². The molecule has 0 amide bonds. The zero-order valence-electron chi connectivity index (χ0n) is 10.3. The predicted octanol–water partition coefficient (Wildman–Crippen LogP) is 4.60. The van der Waals surface area contributed by atoms with Crippen molar-refractivity contribution < 1.29 is 4.39 Å². The number of rotatable bonds is 3. The van der Waals surface area contributed by atoms with Gasteiger partial charge in [-0.3, -0.25) is 0 Å². The topological polar surface area (TPSA) is 36.7 Å². The summed E-state index contributed by atoms with van der Waals surface area (Å²) >= 11 is 3.14. The summed E-state index contributed by atoms with van der Waals surface area (Å²) in [6.07, 6.45) is 0. The molecule has 0 N–H and O–H groups in total. The van der Waals surface area contributed by atoms with Gasteiger partial charge in [-0.25, -0.2) is 9.37 Å². The molecule has 0 saturated carbocycles. The molecule has 0 aliphatic heterocycles. The fraction of sp³-hybridized carbons (Fsp3) is 0.0667. The highest BCUT2D eigenvalue weighted by atomic mass is 32.2. The van der Waals surface area contributed by atoms with Crippen LogP contribution in [0.1, 0.15) is 11.1 Å². The lowest BCUT2D eigenvalue weighted by Gasteiger charge is -2.02. The van der Waals surface area contributed by atoms with E-state index in [9.17, 15) is 4.39 Å². The van der Waals surface area contributed by atoms with Crippen LogP contribution in [0.25, 0.3) is 10.2 Å². The fourth-order valence-corrected chi connectivity index (χ4v) is 3.90. The standard InChI is InChI=1S/C15H9FN2S2/c16-12-6-5-10(8-17)11(7-12)9-19-15-18-13-3-1-2-4-14(13)20-15/h1-7H,9H2. The Morgan fingerprint density at radius 2 is 2.10 bits per heavy atom. The molecule has 0 bridgehead atoms. The molecule has 0 aliphatic rings. The van der Waals surface area contributed by atoms with E-state index in [0.717, 1.165) is 14.6 Å². The Morgan fingerprint density at radius 3 is 2.90 bits per heavy atom. The molecular formula is C15H9FN2S2. The van der Waals surface area contributed by atoms with E-state index in [2.05, 4.69) is 11.1 Å². The Bertz CT molecular complexity index is 772. The van der Waals surface area contributed by atoms with E-state index >= 15 is 0 Å². The first-order valence-electron chi connectivity index (χ1n) is 5.93. The summed E-state index contributed by atoms with van der Waals surface area (Å²) in [6, 6.07) is 14.3. The smallest absolute Gasteiger partial charge is 0.151 e. The van der Waals surface area contributed by atoms with E-state index in [1.165, 1.54) is 30.0 Å². The van der Waals surface area contributed by atoms with E-state index in [1.54, 1.807) is 11.3 Å². The van der Waals surface area contributed by atoms with Crippen LogP contribution in [-0.4, -0.2) is 4.98 Å². The van der Waals surface area contributed by atoms with Gasteiger partial charge in [-0.05, 0) is 35.9 Å². The first-order valence-corrected chi connectivity index (χ1v) is 7.73. The SMILES string of the molecule is N#Cc1ccc(F)cc1CSc1nc2ccccc2s1. The van der Waals surface area contributed by atoms with E-state index in [0.29, 0.717) is 16.9 Å². The Kier molecular flexibility index (Phi) is 3.68. The molecule has 0 radical (unpaired) electrons. The Hall–Kier alpha value is -1.90. The summed E-state index contributed by atoms with van der Waals surface area (Å²) in [5.74, 6) is 0.226. The molecule has 0 aliphatic carbocycles. The zero-order valence-corrected chi connectivity index (χ0v) is 12.0. The van der Waals surface area contributed by atoms with Crippen LogP contribution in [0, 0.1) is 17.1 Å². The lowest BCUT2D eigenvalue weighted by molar-refractivity contribution is 0.626. The van der Waals surface area contributed by atoms with Gasteiger partial charge in [0.05, 0.1) is 21.8 Å². The number of halogens is 1. The Balaban J connectivity index is 1.83. The number of thiazole rings is 1. The van der Waals surface area contributed by atoms with Gasteiger partial charge >= 0.3 is 0 Å². The Labute approximate surface area is 123 Å².